The van der Waals surface area contributed by atoms with Crippen LogP contribution in [0.25, 0.3) is 6.08 Å². The second kappa shape index (κ2) is 7.11. The molecule has 1 aromatic rings. The average molecular weight is 250 g/mol. The van der Waals surface area contributed by atoms with Crippen molar-refractivity contribution in [3.05, 3.63) is 35.9 Å². The van der Waals surface area contributed by atoms with E-state index in [9.17, 15) is 9.59 Å². The highest BCUT2D eigenvalue weighted by Gasteiger charge is 2.07. The highest BCUT2D eigenvalue weighted by molar-refractivity contribution is 5.93. The predicted molar refractivity (Wildman–Crippen MR) is 65.1 cm³/mol. The van der Waals surface area contributed by atoms with Crippen molar-refractivity contribution in [3.8, 4) is 5.75 Å². The lowest BCUT2D eigenvalue weighted by Gasteiger charge is -2.00. The van der Waals surface area contributed by atoms with E-state index in [0.717, 1.165) is 17.4 Å². The van der Waals surface area contributed by atoms with Crippen LogP contribution >= 0.6 is 0 Å². The van der Waals surface area contributed by atoms with Gasteiger partial charge in [0.2, 0.25) is 0 Å². The summed E-state index contributed by atoms with van der Waals surface area (Å²) in [6.45, 7) is 1.78. The molecular formula is C13H14O5. The molecule has 0 N–H and O–H groups in total. The van der Waals surface area contributed by atoms with Gasteiger partial charge in [-0.3, -0.25) is 0 Å². The first kappa shape index (κ1) is 13.8. The minimum atomic E-state index is -0.998. The van der Waals surface area contributed by atoms with Crippen LogP contribution in [-0.4, -0.2) is 25.8 Å². The average Bonchev–Trinajstić information content (AvgIpc) is 2.37. The van der Waals surface area contributed by atoms with Gasteiger partial charge in [-0.2, -0.15) is 0 Å². The molecule has 0 bridgehead atoms. The van der Waals surface area contributed by atoms with E-state index in [2.05, 4.69) is 9.47 Å². The third kappa shape index (κ3) is 4.69. The van der Waals surface area contributed by atoms with Crippen molar-refractivity contribution >= 4 is 18.2 Å². The molecule has 0 saturated heterocycles. The normalized spacial score (nSPS) is 10.1. The molecule has 0 spiro atoms. The Balaban J connectivity index is 2.52. The number of carbonyl (C=O) groups excluding carboxylic acids is 2. The first-order valence-electron chi connectivity index (χ1n) is 5.36. The largest absolute Gasteiger partial charge is 0.516 e. The zero-order valence-electron chi connectivity index (χ0n) is 10.2. The lowest BCUT2D eigenvalue weighted by Crippen LogP contribution is -2.11. The highest BCUT2D eigenvalue weighted by Crippen LogP contribution is 2.12. The molecule has 0 aliphatic carbocycles. The molecule has 5 nitrogen and oxygen atoms in total. The summed E-state index contributed by atoms with van der Waals surface area (Å²) in [6.07, 6.45) is 1.68. The number of carbonyl (C=O) groups is 2. The Bertz CT molecular complexity index is 433. The number of esters is 1. The van der Waals surface area contributed by atoms with E-state index in [-0.39, 0.29) is 6.61 Å². The van der Waals surface area contributed by atoms with E-state index in [1.807, 2.05) is 0 Å². The highest BCUT2D eigenvalue weighted by atomic mass is 16.7. The summed E-state index contributed by atoms with van der Waals surface area (Å²) in [7, 11) is 1.57. The van der Waals surface area contributed by atoms with E-state index in [1.54, 1.807) is 38.3 Å². The van der Waals surface area contributed by atoms with Crippen LogP contribution in [0.1, 0.15) is 12.5 Å². The van der Waals surface area contributed by atoms with Crippen LogP contribution in [0.15, 0.2) is 30.3 Å². The summed E-state index contributed by atoms with van der Waals surface area (Å²) in [5.41, 5.74) is 0.789. The molecule has 0 unspecified atom stereocenters. The van der Waals surface area contributed by atoms with Crippen LogP contribution in [-0.2, 0) is 14.3 Å². The maximum Gasteiger partial charge on any atom is 0.516 e. The molecule has 1 rings (SSSR count). The van der Waals surface area contributed by atoms with Crippen LogP contribution in [0.2, 0.25) is 0 Å². The van der Waals surface area contributed by atoms with Crippen molar-refractivity contribution in [1.82, 2.24) is 0 Å². The number of hydrogen-bond donors (Lipinski definition) is 0. The van der Waals surface area contributed by atoms with Crippen LogP contribution in [0.4, 0.5) is 4.79 Å². The van der Waals surface area contributed by atoms with Crippen LogP contribution in [0.3, 0.4) is 0 Å². The first-order chi connectivity index (χ1) is 8.65. The molecule has 0 amide bonds. The van der Waals surface area contributed by atoms with Gasteiger partial charge >= 0.3 is 12.1 Å². The molecule has 0 heterocycles. The second-order valence-electron chi connectivity index (χ2n) is 3.21. The van der Waals surface area contributed by atoms with Gasteiger partial charge in [0.25, 0.3) is 0 Å². The summed E-state index contributed by atoms with van der Waals surface area (Å²) >= 11 is 0. The fourth-order valence-corrected chi connectivity index (χ4v) is 1.14. The number of ether oxygens (including phenoxy) is 3. The van der Waals surface area contributed by atoms with Gasteiger partial charge in [0.1, 0.15) is 5.75 Å². The molecule has 0 atom stereocenters. The maximum atomic E-state index is 11.2. The molecule has 0 aliphatic heterocycles. The van der Waals surface area contributed by atoms with Crippen molar-refractivity contribution in [1.29, 1.82) is 0 Å². The van der Waals surface area contributed by atoms with Gasteiger partial charge in [-0.1, -0.05) is 12.1 Å². The number of methoxy groups -OCH3 is 1. The van der Waals surface area contributed by atoms with Gasteiger partial charge in [-0.15, -0.1) is 0 Å². The predicted octanol–water partition coefficient (Wildman–Crippen LogP) is 2.41. The molecule has 0 aliphatic rings. The van der Waals surface area contributed by atoms with E-state index < -0.39 is 12.1 Å². The van der Waals surface area contributed by atoms with Crippen molar-refractivity contribution in [2.45, 2.75) is 6.92 Å². The minimum absolute atomic E-state index is 0.161. The molecule has 18 heavy (non-hydrogen) atoms. The SMILES string of the molecule is CCOC(=O)OC(=O)C=Cc1ccc(OC)cc1. The van der Waals surface area contributed by atoms with Gasteiger partial charge < -0.3 is 14.2 Å². The van der Waals surface area contributed by atoms with Gasteiger partial charge in [0.15, 0.2) is 0 Å². The Hall–Kier alpha value is -2.30. The minimum Gasteiger partial charge on any atom is -0.497 e. The monoisotopic (exact) mass is 250 g/mol. The topological polar surface area (TPSA) is 61.8 Å². The van der Waals surface area contributed by atoms with E-state index in [0.29, 0.717) is 0 Å². The molecule has 0 fully saturated rings. The Kier molecular flexibility index (Phi) is 5.44. The summed E-state index contributed by atoms with van der Waals surface area (Å²) in [4.78, 5) is 22.0. The van der Waals surface area contributed by atoms with E-state index >= 15 is 0 Å². The van der Waals surface area contributed by atoms with Crippen LogP contribution in [0, 0.1) is 0 Å². The zero-order valence-corrected chi connectivity index (χ0v) is 10.2. The Labute approximate surface area is 105 Å². The molecule has 5 heteroatoms. The Morgan fingerprint density at radius 3 is 2.44 bits per heavy atom. The molecule has 0 saturated carbocycles. The lowest BCUT2D eigenvalue weighted by atomic mass is 10.2. The number of rotatable bonds is 4. The lowest BCUT2D eigenvalue weighted by molar-refractivity contribution is -0.134. The Morgan fingerprint density at radius 1 is 1.22 bits per heavy atom. The summed E-state index contributed by atoms with van der Waals surface area (Å²) in [6, 6.07) is 7.06. The molecule has 1 aromatic carbocycles. The van der Waals surface area contributed by atoms with Crippen molar-refractivity contribution in [3.63, 3.8) is 0 Å². The van der Waals surface area contributed by atoms with Gasteiger partial charge in [0.05, 0.1) is 13.7 Å². The summed E-state index contributed by atoms with van der Waals surface area (Å²) in [5.74, 6) is -0.0504. The first-order valence-corrected chi connectivity index (χ1v) is 5.36. The van der Waals surface area contributed by atoms with Gasteiger partial charge in [0, 0.05) is 6.08 Å². The summed E-state index contributed by atoms with van der Waals surface area (Å²) in [5, 5.41) is 0. The maximum absolute atomic E-state index is 11.2. The third-order valence-corrected chi connectivity index (χ3v) is 1.97. The third-order valence-electron chi connectivity index (χ3n) is 1.97. The van der Waals surface area contributed by atoms with E-state index in [4.69, 9.17) is 4.74 Å². The number of hydrogen-bond acceptors (Lipinski definition) is 5. The summed E-state index contributed by atoms with van der Waals surface area (Å²) < 4.78 is 13.8. The zero-order chi connectivity index (χ0) is 13.4. The standard InChI is InChI=1S/C13H14O5/c1-3-17-13(15)18-12(14)9-6-10-4-7-11(16-2)8-5-10/h4-9H,3H2,1-2H3. The smallest absolute Gasteiger partial charge is 0.497 e. The molecule has 0 radical (unpaired) electrons. The molecular weight excluding hydrogens is 236 g/mol. The van der Waals surface area contributed by atoms with Crippen molar-refractivity contribution in [2.75, 3.05) is 13.7 Å². The van der Waals surface area contributed by atoms with E-state index in [1.165, 1.54) is 6.08 Å². The number of benzene rings is 1. The fraction of sp³-hybridized carbons (Fsp3) is 0.231. The van der Waals surface area contributed by atoms with Crippen molar-refractivity contribution < 1.29 is 23.8 Å². The second-order valence-corrected chi connectivity index (χ2v) is 3.21. The fourth-order valence-electron chi connectivity index (χ4n) is 1.14. The van der Waals surface area contributed by atoms with Gasteiger partial charge in [-0.05, 0) is 30.7 Å². The quantitative estimate of drug-likeness (QED) is 0.466. The van der Waals surface area contributed by atoms with Crippen LogP contribution < -0.4 is 4.74 Å². The van der Waals surface area contributed by atoms with Gasteiger partial charge in [-0.25, -0.2) is 9.59 Å². The van der Waals surface area contributed by atoms with Crippen LogP contribution in [0.5, 0.6) is 5.75 Å². The Morgan fingerprint density at radius 2 is 1.89 bits per heavy atom. The molecule has 0 aromatic heterocycles. The molecule has 96 valence electrons. The van der Waals surface area contributed by atoms with Crippen molar-refractivity contribution in [2.24, 2.45) is 0 Å².